The average Bonchev–Trinajstić information content (AvgIpc) is 3.04. The topological polar surface area (TPSA) is 156 Å². The van der Waals surface area contributed by atoms with E-state index in [9.17, 15) is 14.4 Å². The predicted molar refractivity (Wildman–Crippen MR) is 181 cm³/mol. The summed E-state index contributed by atoms with van der Waals surface area (Å²) in [7, 11) is 0. The first-order valence-electron chi connectivity index (χ1n) is 17.1. The largest absolute Gasteiger partial charge is 0.478 e. The van der Waals surface area contributed by atoms with Gasteiger partial charge in [-0.05, 0) is 73.8 Å². The number of nitrogens with two attached hydrogens (primary N) is 2. The van der Waals surface area contributed by atoms with Crippen LogP contribution in [0.25, 0.3) is 10.8 Å². The van der Waals surface area contributed by atoms with Crippen molar-refractivity contribution in [1.29, 1.82) is 0 Å². The van der Waals surface area contributed by atoms with E-state index in [1.165, 1.54) is 133 Å². The minimum absolute atomic E-state index is 0.190. The van der Waals surface area contributed by atoms with E-state index >= 15 is 0 Å². The number of aromatic carboxylic acids is 2. The van der Waals surface area contributed by atoms with Crippen molar-refractivity contribution < 1.29 is 24.6 Å². The van der Waals surface area contributed by atoms with Gasteiger partial charge in [-0.1, -0.05) is 108 Å². The third-order valence-electron chi connectivity index (χ3n) is 7.90. The number of rotatable bonds is 13. The standard InChI is InChI=1S/C12H28N2.C12H23NO.C12H8O4/c13-11-9-7-5-3-1-2-4-6-8-10-12-14;14-12-10-8-6-4-2-1-3-5-7-9-11-13-12;13-11(14)9-3-1-7-5-10(12(15)16)4-2-8(7)6-9/h1-14H2;1-11H2,(H,13,14);1-6H,(H,13,14)(H,15,16). The smallest absolute Gasteiger partial charge is 0.335 e. The van der Waals surface area contributed by atoms with Gasteiger partial charge in [0.15, 0.2) is 0 Å². The highest BCUT2D eigenvalue weighted by Gasteiger charge is 2.07. The molecule has 0 radical (unpaired) electrons. The lowest BCUT2D eigenvalue weighted by atomic mass is 10.0. The number of nitrogens with one attached hydrogen (secondary N) is 1. The summed E-state index contributed by atoms with van der Waals surface area (Å²) in [6, 6.07) is 9.15. The van der Waals surface area contributed by atoms with Gasteiger partial charge < -0.3 is 27.0 Å². The summed E-state index contributed by atoms with van der Waals surface area (Å²) in [5.41, 5.74) is 11.2. The number of hydrogen-bond acceptors (Lipinski definition) is 5. The minimum Gasteiger partial charge on any atom is -0.478 e. The molecule has 0 unspecified atom stereocenters. The lowest BCUT2D eigenvalue weighted by molar-refractivity contribution is -0.121. The summed E-state index contributed by atoms with van der Waals surface area (Å²) in [5, 5.41) is 22.0. The number of amides is 1. The first-order chi connectivity index (χ1) is 21.4. The maximum atomic E-state index is 11.3. The first-order valence-corrected chi connectivity index (χ1v) is 17.1. The molecule has 1 aliphatic rings. The highest BCUT2D eigenvalue weighted by Crippen LogP contribution is 2.18. The summed E-state index contributed by atoms with van der Waals surface area (Å²) >= 11 is 0. The Hall–Kier alpha value is -2.97. The minimum atomic E-state index is -0.996. The first kappa shape index (κ1) is 39.1. The zero-order chi connectivity index (χ0) is 32.3. The van der Waals surface area contributed by atoms with Crippen LogP contribution in [0.15, 0.2) is 36.4 Å². The second-order valence-electron chi connectivity index (χ2n) is 11.8. The molecule has 1 fully saturated rings. The van der Waals surface area contributed by atoms with Crippen molar-refractivity contribution in [1.82, 2.24) is 5.32 Å². The fourth-order valence-electron chi connectivity index (χ4n) is 5.18. The zero-order valence-electron chi connectivity index (χ0n) is 27.0. The maximum Gasteiger partial charge on any atom is 0.335 e. The molecule has 1 aliphatic heterocycles. The number of carboxylic acid groups (broad SMARTS) is 2. The summed E-state index contributed by atoms with van der Waals surface area (Å²) in [6.07, 6.45) is 25.7. The van der Waals surface area contributed by atoms with Gasteiger partial charge in [0, 0.05) is 13.0 Å². The molecule has 1 saturated heterocycles. The Kier molecular flexibility index (Phi) is 23.5. The van der Waals surface area contributed by atoms with Crippen molar-refractivity contribution in [2.24, 2.45) is 11.5 Å². The van der Waals surface area contributed by atoms with Crippen molar-refractivity contribution in [2.75, 3.05) is 19.6 Å². The maximum absolute atomic E-state index is 11.3. The van der Waals surface area contributed by atoms with Crippen molar-refractivity contribution in [3.8, 4) is 0 Å². The van der Waals surface area contributed by atoms with Gasteiger partial charge in [0.25, 0.3) is 0 Å². The van der Waals surface area contributed by atoms with Gasteiger partial charge in [-0.15, -0.1) is 0 Å². The van der Waals surface area contributed by atoms with E-state index in [1.807, 2.05) is 0 Å². The van der Waals surface area contributed by atoms with Gasteiger partial charge in [0.05, 0.1) is 11.1 Å². The number of unbranched alkanes of at least 4 members (excludes halogenated alkanes) is 9. The van der Waals surface area contributed by atoms with Gasteiger partial charge in [-0.25, -0.2) is 9.59 Å². The Morgan fingerprint density at radius 3 is 1.32 bits per heavy atom. The summed E-state index contributed by atoms with van der Waals surface area (Å²) < 4.78 is 0. The van der Waals surface area contributed by atoms with Gasteiger partial charge in [-0.2, -0.15) is 0 Å². The highest BCUT2D eigenvalue weighted by molar-refractivity contribution is 5.97. The Labute approximate surface area is 265 Å². The third kappa shape index (κ3) is 20.1. The molecule has 8 nitrogen and oxygen atoms in total. The average molecular weight is 614 g/mol. The molecule has 8 heteroatoms. The van der Waals surface area contributed by atoms with Crippen LogP contribution in [0.3, 0.4) is 0 Å². The second-order valence-corrected chi connectivity index (χ2v) is 11.8. The van der Waals surface area contributed by atoms with Crippen molar-refractivity contribution in [3.63, 3.8) is 0 Å². The van der Waals surface area contributed by atoms with E-state index < -0.39 is 11.9 Å². The lowest BCUT2D eigenvalue weighted by Crippen LogP contribution is -2.23. The quantitative estimate of drug-likeness (QED) is 0.143. The van der Waals surface area contributed by atoms with Crippen molar-refractivity contribution >= 4 is 28.6 Å². The number of benzene rings is 2. The van der Waals surface area contributed by atoms with Crippen molar-refractivity contribution in [3.05, 3.63) is 47.5 Å². The van der Waals surface area contributed by atoms with Crippen LogP contribution in [0.1, 0.15) is 149 Å². The number of hydrogen-bond donors (Lipinski definition) is 5. The number of carboxylic acids is 2. The fourth-order valence-corrected chi connectivity index (χ4v) is 5.18. The Balaban J connectivity index is 0.000000332. The molecule has 7 N–H and O–H groups in total. The van der Waals surface area contributed by atoms with Gasteiger partial charge in [0.2, 0.25) is 5.91 Å². The van der Waals surface area contributed by atoms with E-state index in [2.05, 4.69) is 5.32 Å². The van der Waals surface area contributed by atoms with E-state index in [0.717, 1.165) is 38.9 Å². The van der Waals surface area contributed by atoms with Crippen LogP contribution >= 0.6 is 0 Å². The van der Waals surface area contributed by atoms with E-state index in [4.69, 9.17) is 21.7 Å². The fraction of sp³-hybridized carbons (Fsp3) is 0.639. The number of carbonyl (C=O) groups is 3. The van der Waals surface area contributed by atoms with Crippen LogP contribution in [-0.2, 0) is 4.79 Å². The molecule has 1 heterocycles. The van der Waals surface area contributed by atoms with Crippen LogP contribution in [0.4, 0.5) is 0 Å². The molecule has 248 valence electrons. The molecular formula is C36H59N3O5. The highest BCUT2D eigenvalue weighted by atomic mass is 16.4. The van der Waals surface area contributed by atoms with Crippen LogP contribution in [0.2, 0.25) is 0 Å². The van der Waals surface area contributed by atoms with Crippen LogP contribution in [0.5, 0.6) is 0 Å². The molecule has 2 aromatic rings. The molecule has 3 rings (SSSR count). The Bertz CT molecular complexity index is 978. The normalized spacial score (nSPS) is 14.4. The van der Waals surface area contributed by atoms with Crippen molar-refractivity contribution in [2.45, 2.75) is 128 Å². The second kappa shape index (κ2) is 26.4. The predicted octanol–water partition coefficient (Wildman–Crippen LogP) is 8.06. The van der Waals surface area contributed by atoms with Gasteiger partial charge in [0.1, 0.15) is 0 Å². The van der Waals surface area contributed by atoms with Crippen LogP contribution in [-0.4, -0.2) is 47.7 Å². The zero-order valence-corrected chi connectivity index (χ0v) is 27.0. The van der Waals surface area contributed by atoms with Gasteiger partial charge >= 0.3 is 11.9 Å². The molecule has 1 amide bonds. The molecule has 2 aromatic carbocycles. The van der Waals surface area contributed by atoms with E-state index in [0.29, 0.717) is 10.8 Å². The Morgan fingerprint density at radius 1 is 0.568 bits per heavy atom. The summed E-state index contributed by atoms with van der Waals surface area (Å²) in [5.74, 6) is -1.74. The summed E-state index contributed by atoms with van der Waals surface area (Å²) in [6.45, 7) is 2.61. The SMILES string of the molecule is NCCCCCCCCCCCCN.O=C(O)c1ccc2cc(C(=O)O)ccc2c1.O=C1CCCCCCCCCCCN1. The number of fused-ring (bicyclic) bond motifs is 1. The Morgan fingerprint density at radius 2 is 0.932 bits per heavy atom. The molecule has 0 saturated carbocycles. The molecule has 0 spiro atoms. The molecule has 0 atom stereocenters. The van der Waals surface area contributed by atoms with Gasteiger partial charge in [-0.3, -0.25) is 4.79 Å². The summed E-state index contributed by atoms with van der Waals surface area (Å²) in [4.78, 5) is 32.7. The molecule has 0 aliphatic carbocycles. The molecular weight excluding hydrogens is 554 g/mol. The molecule has 0 aromatic heterocycles. The van der Waals surface area contributed by atoms with Crippen LogP contribution < -0.4 is 16.8 Å². The number of carbonyl (C=O) groups excluding carboxylic acids is 1. The van der Waals surface area contributed by atoms with E-state index in [-0.39, 0.29) is 17.0 Å². The third-order valence-corrected chi connectivity index (χ3v) is 7.90. The monoisotopic (exact) mass is 613 g/mol. The lowest BCUT2D eigenvalue weighted by Gasteiger charge is -2.03. The molecule has 44 heavy (non-hydrogen) atoms. The van der Waals surface area contributed by atoms with E-state index in [1.54, 1.807) is 12.1 Å². The molecule has 0 bridgehead atoms. The van der Waals surface area contributed by atoms with Crippen LogP contribution in [0, 0.1) is 0 Å².